The van der Waals surface area contributed by atoms with Gasteiger partial charge in [-0.2, -0.15) is 0 Å². The minimum Gasteiger partial charge on any atom is -0.298 e. The van der Waals surface area contributed by atoms with Crippen LogP contribution in [0.1, 0.15) is 63.4 Å². The van der Waals surface area contributed by atoms with Gasteiger partial charge in [0.15, 0.2) is 0 Å². The molecule has 0 amide bonds. The van der Waals surface area contributed by atoms with E-state index in [0.717, 1.165) is 24.9 Å². The van der Waals surface area contributed by atoms with Crippen LogP contribution in [0.2, 0.25) is 0 Å². The van der Waals surface area contributed by atoms with Gasteiger partial charge in [0.25, 0.3) is 0 Å². The summed E-state index contributed by atoms with van der Waals surface area (Å²) in [5, 5.41) is -0.171. The van der Waals surface area contributed by atoms with Gasteiger partial charge in [-0.05, 0) is 82.0 Å². The largest absolute Gasteiger partial charge is 0.298 e. The molecule has 1 N–H and O–H groups in total. The van der Waals surface area contributed by atoms with Gasteiger partial charge in [-0.25, -0.2) is 8.42 Å². The summed E-state index contributed by atoms with van der Waals surface area (Å²) >= 11 is 0. The van der Waals surface area contributed by atoms with Gasteiger partial charge in [0, 0.05) is 17.8 Å². The molecule has 3 atom stereocenters. The van der Waals surface area contributed by atoms with E-state index >= 15 is 0 Å². The summed E-state index contributed by atoms with van der Waals surface area (Å²) in [5.41, 5.74) is 2.06. The fraction of sp³-hybridized carbons (Fsp3) is 0.684. The molecule has 5 heteroatoms. The van der Waals surface area contributed by atoms with Crippen molar-refractivity contribution < 1.29 is 8.42 Å². The second kappa shape index (κ2) is 6.34. The second-order valence-electron chi connectivity index (χ2n) is 7.86. The molecular formula is C19H28N2O2S. The summed E-state index contributed by atoms with van der Waals surface area (Å²) in [4.78, 5) is 2.71. The molecule has 24 heavy (non-hydrogen) atoms. The molecule has 1 aliphatic heterocycles. The van der Waals surface area contributed by atoms with Crippen molar-refractivity contribution in [1.29, 1.82) is 0 Å². The number of hydrogen-bond donors (Lipinski definition) is 1. The third-order valence-corrected chi connectivity index (χ3v) is 7.95. The Bertz CT molecular complexity index is 682. The van der Waals surface area contributed by atoms with E-state index < -0.39 is 10.0 Å². The van der Waals surface area contributed by atoms with Crippen LogP contribution in [-0.2, 0) is 10.0 Å². The first-order chi connectivity index (χ1) is 11.5. The summed E-state index contributed by atoms with van der Waals surface area (Å²) in [6.45, 7) is 3.63. The molecule has 132 valence electrons. The summed E-state index contributed by atoms with van der Waals surface area (Å²) in [5.74, 6) is 0.622. The van der Waals surface area contributed by atoms with Crippen molar-refractivity contribution in [3.63, 3.8) is 0 Å². The van der Waals surface area contributed by atoms with Crippen molar-refractivity contribution in [2.75, 3.05) is 11.3 Å². The first kappa shape index (κ1) is 16.4. The first-order valence-electron chi connectivity index (χ1n) is 9.40. The van der Waals surface area contributed by atoms with Gasteiger partial charge in [0.2, 0.25) is 10.0 Å². The normalized spacial score (nSPS) is 31.5. The summed E-state index contributed by atoms with van der Waals surface area (Å²) in [6, 6.07) is 9.58. The summed E-state index contributed by atoms with van der Waals surface area (Å²) in [7, 11) is -3.15. The molecule has 1 heterocycles. The zero-order chi connectivity index (χ0) is 16.7. The maximum Gasteiger partial charge on any atom is 0.235 e. The molecule has 4 rings (SSSR count). The molecule has 1 aromatic carbocycles. The van der Waals surface area contributed by atoms with E-state index in [1.807, 2.05) is 12.1 Å². The third-order valence-electron chi connectivity index (χ3n) is 6.08. The van der Waals surface area contributed by atoms with Gasteiger partial charge in [-0.3, -0.25) is 9.62 Å². The highest BCUT2D eigenvalue weighted by molar-refractivity contribution is 7.93. The topological polar surface area (TPSA) is 49.4 Å². The van der Waals surface area contributed by atoms with Crippen molar-refractivity contribution in [3.8, 4) is 0 Å². The zero-order valence-corrected chi connectivity index (χ0v) is 15.3. The van der Waals surface area contributed by atoms with Crippen LogP contribution in [0, 0.1) is 0 Å². The Morgan fingerprint density at radius 2 is 1.79 bits per heavy atom. The van der Waals surface area contributed by atoms with Crippen LogP contribution in [0.25, 0.3) is 0 Å². The Morgan fingerprint density at radius 1 is 1.04 bits per heavy atom. The number of nitrogens with zero attached hydrogens (tertiary/aromatic N) is 1. The van der Waals surface area contributed by atoms with Crippen molar-refractivity contribution in [2.24, 2.45) is 0 Å². The van der Waals surface area contributed by atoms with Crippen LogP contribution < -0.4 is 4.72 Å². The van der Waals surface area contributed by atoms with E-state index in [1.54, 1.807) is 0 Å². The van der Waals surface area contributed by atoms with E-state index in [9.17, 15) is 8.42 Å². The van der Waals surface area contributed by atoms with Gasteiger partial charge in [0.05, 0.1) is 5.25 Å². The predicted molar refractivity (Wildman–Crippen MR) is 97.8 cm³/mol. The number of hydrogen-bond acceptors (Lipinski definition) is 3. The van der Waals surface area contributed by atoms with Crippen molar-refractivity contribution in [1.82, 2.24) is 4.90 Å². The molecule has 4 nitrogen and oxygen atoms in total. The highest BCUT2D eigenvalue weighted by atomic mass is 32.2. The number of benzene rings is 1. The Morgan fingerprint density at radius 3 is 2.42 bits per heavy atom. The van der Waals surface area contributed by atoms with Gasteiger partial charge >= 0.3 is 0 Å². The lowest BCUT2D eigenvalue weighted by atomic mass is 9.97. The molecule has 1 unspecified atom stereocenters. The molecule has 2 aliphatic carbocycles. The van der Waals surface area contributed by atoms with Crippen LogP contribution >= 0.6 is 0 Å². The van der Waals surface area contributed by atoms with E-state index in [4.69, 9.17) is 0 Å². The minimum atomic E-state index is -3.15. The van der Waals surface area contributed by atoms with E-state index in [0.29, 0.717) is 11.6 Å². The van der Waals surface area contributed by atoms with Crippen LogP contribution in [0.5, 0.6) is 0 Å². The molecule has 1 aromatic rings. The lowest BCUT2D eigenvalue weighted by molar-refractivity contribution is 0.191. The predicted octanol–water partition coefficient (Wildman–Crippen LogP) is 3.71. The highest BCUT2D eigenvalue weighted by Crippen LogP contribution is 2.39. The van der Waals surface area contributed by atoms with E-state index in [-0.39, 0.29) is 5.25 Å². The van der Waals surface area contributed by atoms with Crippen LogP contribution in [0.15, 0.2) is 24.3 Å². The molecule has 0 spiro atoms. The monoisotopic (exact) mass is 348 g/mol. The van der Waals surface area contributed by atoms with Gasteiger partial charge in [-0.1, -0.05) is 12.1 Å². The Balaban J connectivity index is 1.38. The van der Waals surface area contributed by atoms with Crippen LogP contribution in [-0.4, -0.2) is 37.2 Å². The molecule has 3 aliphatic rings. The van der Waals surface area contributed by atoms with Crippen molar-refractivity contribution >= 4 is 15.7 Å². The molecule has 2 saturated carbocycles. The van der Waals surface area contributed by atoms with Gasteiger partial charge in [-0.15, -0.1) is 0 Å². The molecule has 0 bridgehead atoms. The number of likely N-dealkylation sites (tertiary alicyclic amines) is 1. The van der Waals surface area contributed by atoms with Crippen LogP contribution in [0.4, 0.5) is 5.69 Å². The zero-order valence-electron chi connectivity index (χ0n) is 14.4. The SMILES string of the molecule is C[C@H]1CCCN1C1CC[C@H](c2ccc(NS(=O)(=O)C3CC3)cc2)C1. The van der Waals surface area contributed by atoms with E-state index in [2.05, 4.69) is 28.7 Å². The lowest BCUT2D eigenvalue weighted by Gasteiger charge is -2.28. The summed E-state index contributed by atoms with van der Waals surface area (Å²) < 4.78 is 26.7. The number of rotatable bonds is 5. The van der Waals surface area contributed by atoms with Gasteiger partial charge < -0.3 is 0 Å². The molecule has 0 radical (unpaired) electrons. The Kier molecular flexibility index (Phi) is 4.33. The quantitative estimate of drug-likeness (QED) is 0.882. The van der Waals surface area contributed by atoms with Crippen molar-refractivity contribution in [3.05, 3.63) is 29.8 Å². The van der Waals surface area contributed by atoms with Crippen molar-refractivity contribution in [2.45, 2.75) is 75.1 Å². The molecule has 1 saturated heterocycles. The average molecular weight is 349 g/mol. The molecule has 3 fully saturated rings. The van der Waals surface area contributed by atoms with E-state index in [1.165, 1.54) is 44.2 Å². The average Bonchev–Trinajstić information content (AvgIpc) is 3.18. The Hall–Kier alpha value is -1.07. The molecule has 0 aromatic heterocycles. The smallest absolute Gasteiger partial charge is 0.235 e. The number of nitrogens with one attached hydrogen (secondary N) is 1. The van der Waals surface area contributed by atoms with Crippen LogP contribution in [0.3, 0.4) is 0 Å². The fourth-order valence-corrected chi connectivity index (χ4v) is 5.90. The molecular weight excluding hydrogens is 320 g/mol. The first-order valence-corrected chi connectivity index (χ1v) is 10.9. The second-order valence-corrected chi connectivity index (χ2v) is 9.82. The Labute approximate surface area is 145 Å². The highest BCUT2D eigenvalue weighted by Gasteiger charge is 2.36. The van der Waals surface area contributed by atoms with Gasteiger partial charge in [0.1, 0.15) is 0 Å². The number of anilines is 1. The lowest BCUT2D eigenvalue weighted by Crippen LogP contribution is -2.35. The standard InChI is InChI=1S/C19H28N2O2S/c1-14-3-2-12-21(14)18-9-6-16(13-18)15-4-7-17(8-5-15)20-24(22,23)19-10-11-19/h4-5,7-8,14,16,18-20H,2-3,6,9-13H2,1H3/t14-,16-,18?/m0/s1. The maximum atomic E-state index is 12.0. The number of sulfonamides is 1. The maximum absolute atomic E-state index is 12.0. The third kappa shape index (κ3) is 3.33. The minimum absolute atomic E-state index is 0.171. The summed E-state index contributed by atoms with van der Waals surface area (Å²) in [6.07, 6.45) is 8.08. The fourth-order valence-electron chi connectivity index (χ4n) is 4.51.